The Morgan fingerprint density at radius 1 is 1.67 bits per heavy atom. The number of carbonyl (C=O) groups is 1. The van der Waals surface area contributed by atoms with Gasteiger partial charge in [0.25, 0.3) is 0 Å². The van der Waals surface area contributed by atoms with E-state index in [0.29, 0.717) is 17.6 Å². The van der Waals surface area contributed by atoms with Gasteiger partial charge >= 0.3 is 0 Å². The van der Waals surface area contributed by atoms with Crippen LogP contribution < -0.4 is 0 Å². The lowest BCUT2D eigenvalue weighted by Crippen LogP contribution is -2.09. The monoisotopic (exact) mass is 226 g/mol. The second-order valence-electron chi connectivity index (χ2n) is 3.84. The summed E-state index contributed by atoms with van der Waals surface area (Å²) in [5.41, 5.74) is 0. The maximum absolute atomic E-state index is 10.9. The van der Waals surface area contributed by atoms with Gasteiger partial charge < -0.3 is 4.52 Å². The highest BCUT2D eigenvalue weighted by Gasteiger charge is 2.21. The second kappa shape index (κ2) is 4.79. The molecule has 0 bridgehead atoms. The van der Waals surface area contributed by atoms with E-state index < -0.39 is 0 Å². The van der Waals surface area contributed by atoms with E-state index in [2.05, 4.69) is 10.1 Å². The van der Waals surface area contributed by atoms with Crippen LogP contribution in [0.5, 0.6) is 0 Å². The van der Waals surface area contributed by atoms with Crippen molar-refractivity contribution in [2.75, 3.05) is 11.5 Å². The standard InChI is InChI=1S/C10H14N2O2S/c1-7(13)5-9-11-10(14-12-9)8-3-2-4-15-6-8/h8H,2-6H2,1H3. The van der Waals surface area contributed by atoms with Crippen molar-refractivity contribution >= 4 is 17.5 Å². The van der Waals surface area contributed by atoms with E-state index in [1.165, 1.54) is 19.1 Å². The maximum atomic E-state index is 10.9. The largest absolute Gasteiger partial charge is 0.339 e. The lowest BCUT2D eigenvalue weighted by Gasteiger charge is -2.16. The molecule has 5 heteroatoms. The summed E-state index contributed by atoms with van der Waals surface area (Å²) in [6.45, 7) is 1.53. The van der Waals surface area contributed by atoms with E-state index in [4.69, 9.17) is 4.52 Å². The molecule has 0 amide bonds. The molecule has 1 aliphatic rings. The zero-order valence-electron chi connectivity index (χ0n) is 8.73. The first kappa shape index (κ1) is 10.7. The van der Waals surface area contributed by atoms with E-state index in [1.807, 2.05) is 11.8 Å². The fraction of sp³-hybridized carbons (Fsp3) is 0.700. The molecule has 0 aliphatic carbocycles. The van der Waals surface area contributed by atoms with E-state index in [-0.39, 0.29) is 12.2 Å². The molecule has 2 heterocycles. The normalized spacial score (nSPS) is 21.5. The number of rotatable bonds is 3. The van der Waals surface area contributed by atoms with Gasteiger partial charge in [-0.15, -0.1) is 0 Å². The molecule has 0 spiro atoms. The minimum atomic E-state index is 0.0698. The first-order valence-corrected chi connectivity index (χ1v) is 6.31. The molecule has 1 aliphatic heterocycles. The van der Waals surface area contributed by atoms with Crippen LogP contribution in [-0.2, 0) is 11.2 Å². The highest BCUT2D eigenvalue weighted by molar-refractivity contribution is 7.99. The number of Topliss-reactive ketones (excluding diaryl/α,β-unsaturated/α-hetero) is 1. The Hall–Kier alpha value is -0.840. The molecular weight excluding hydrogens is 212 g/mol. The quantitative estimate of drug-likeness (QED) is 0.786. The zero-order chi connectivity index (χ0) is 10.7. The lowest BCUT2D eigenvalue weighted by atomic mass is 10.1. The number of hydrogen-bond donors (Lipinski definition) is 0. The van der Waals surface area contributed by atoms with Crippen molar-refractivity contribution in [3.8, 4) is 0 Å². The highest BCUT2D eigenvalue weighted by atomic mass is 32.2. The molecule has 0 N–H and O–H groups in total. The molecule has 1 unspecified atom stereocenters. The highest BCUT2D eigenvalue weighted by Crippen LogP contribution is 2.29. The van der Waals surface area contributed by atoms with Crippen LogP contribution in [-0.4, -0.2) is 27.4 Å². The molecule has 82 valence electrons. The van der Waals surface area contributed by atoms with E-state index >= 15 is 0 Å². The Labute approximate surface area is 92.8 Å². The number of nitrogens with zero attached hydrogens (tertiary/aromatic N) is 2. The van der Waals surface area contributed by atoms with Gasteiger partial charge in [0.2, 0.25) is 5.89 Å². The van der Waals surface area contributed by atoms with Crippen LogP contribution in [0.2, 0.25) is 0 Å². The summed E-state index contributed by atoms with van der Waals surface area (Å²) < 4.78 is 5.18. The van der Waals surface area contributed by atoms with E-state index in [0.717, 1.165) is 12.2 Å². The summed E-state index contributed by atoms with van der Waals surface area (Å²) in [4.78, 5) is 15.1. The summed E-state index contributed by atoms with van der Waals surface area (Å²) in [6.07, 6.45) is 2.61. The summed E-state index contributed by atoms with van der Waals surface area (Å²) >= 11 is 1.93. The molecular formula is C10H14N2O2S. The zero-order valence-corrected chi connectivity index (χ0v) is 9.55. The first-order valence-electron chi connectivity index (χ1n) is 5.15. The Morgan fingerprint density at radius 3 is 3.20 bits per heavy atom. The molecule has 15 heavy (non-hydrogen) atoms. The Kier molecular flexibility index (Phi) is 3.41. The average Bonchev–Trinajstić information content (AvgIpc) is 2.67. The van der Waals surface area contributed by atoms with Crippen LogP contribution >= 0.6 is 11.8 Å². The van der Waals surface area contributed by atoms with Crippen molar-refractivity contribution in [1.82, 2.24) is 10.1 Å². The number of hydrogen-bond acceptors (Lipinski definition) is 5. The molecule has 1 saturated heterocycles. The van der Waals surface area contributed by atoms with Gasteiger partial charge in [0.1, 0.15) is 5.78 Å². The van der Waals surface area contributed by atoms with Crippen molar-refractivity contribution in [3.05, 3.63) is 11.7 Å². The molecule has 0 radical (unpaired) electrons. The van der Waals surface area contributed by atoms with Gasteiger partial charge in [-0.3, -0.25) is 4.79 Å². The summed E-state index contributed by atoms with van der Waals surface area (Å²) in [6, 6.07) is 0. The molecule has 4 nitrogen and oxygen atoms in total. The van der Waals surface area contributed by atoms with Crippen molar-refractivity contribution in [2.24, 2.45) is 0 Å². The molecule has 0 aromatic carbocycles. The first-order chi connectivity index (χ1) is 7.25. The molecule has 1 fully saturated rings. The Morgan fingerprint density at radius 2 is 2.53 bits per heavy atom. The van der Waals surface area contributed by atoms with Crippen molar-refractivity contribution < 1.29 is 9.32 Å². The van der Waals surface area contributed by atoms with Crippen LogP contribution in [0.25, 0.3) is 0 Å². The molecule has 1 aromatic rings. The van der Waals surface area contributed by atoms with Crippen molar-refractivity contribution in [2.45, 2.75) is 32.1 Å². The minimum Gasteiger partial charge on any atom is -0.339 e. The summed E-state index contributed by atoms with van der Waals surface area (Å²) in [7, 11) is 0. The number of carbonyl (C=O) groups excluding carboxylic acids is 1. The minimum absolute atomic E-state index is 0.0698. The van der Waals surface area contributed by atoms with E-state index in [1.54, 1.807) is 0 Å². The van der Waals surface area contributed by atoms with Gasteiger partial charge in [0.05, 0.1) is 6.42 Å². The average molecular weight is 226 g/mol. The molecule has 1 atom stereocenters. The fourth-order valence-electron chi connectivity index (χ4n) is 1.66. The van der Waals surface area contributed by atoms with Crippen molar-refractivity contribution in [1.29, 1.82) is 0 Å². The van der Waals surface area contributed by atoms with Crippen LogP contribution in [0.4, 0.5) is 0 Å². The van der Waals surface area contributed by atoms with Crippen molar-refractivity contribution in [3.63, 3.8) is 0 Å². The summed E-state index contributed by atoms with van der Waals surface area (Å²) in [5.74, 6) is 3.97. The maximum Gasteiger partial charge on any atom is 0.230 e. The molecule has 2 rings (SSSR count). The second-order valence-corrected chi connectivity index (χ2v) is 4.99. The molecule has 0 saturated carbocycles. The number of thioether (sulfide) groups is 1. The number of ketones is 1. The third-order valence-corrected chi connectivity index (χ3v) is 3.62. The van der Waals surface area contributed by atoms with E-state index in [9.17, 15) is 4.79 Å². The van der Waals surface area contributed by atoms with Crippen LogP contribution in [0.15, 0.2) is 4.52 Å². The van der Waals surface area contributed by atoms with Gasteiger partial charge in [-0.2, -0.15) is 16.7 Å². The van der Waals surface area contributed by atoms with Gasteiger partial charge in [-0.1, -0.05) is 5.16 Å². The predicted molar refractivity (Wildman–Crippen MR) is 58.0 cm³/mol. The summed E-state index contributed by atoms with van der Waals surface area (Å²) in [5, 5.41) is 3.82. The Balaban J connectivity index is 2.02. The van der Waals surface area contributed by atoms with Gasteiger partial charge in [0.15, 0.2) is 5.82 Å². The van der Waals surface area contributed by atoms with Crippen LogP contribution in [0, 0.1) is 0 Å². The topological polar surface area (TPSA) is 56.0 Å². The van der Waals surface area contributed by atoms with Crippen LogP contribution in [0.1, 0.15) is 37.4 Å². The third kappa shape index (κ3) is 2.81. The predicted octanol–water partition coefficient (Wildman–Crippen LogP) is 1.81. The smallest absolute Gasteiger partial charge is 0.230 e. The Bertz CT molecular complexity index is 345. The van der Waals surface area contributed by atoms with Gasteiger partial charge in [0, 0.05) is 11.7 Å². The van der Waals surface area contributed by atoms with Gasteiger partial charge in [-0.05, 0) is 25.5 Å². The fourth-order valence-corrected chi connectivity index (χ4v) is 2.79. The van der Waals surface area contributed by atoms with Crippen LogP contribution in [0.3, 0.4) is 0 Å². The van der Waals surface area contributed by atoms with Gasteiger partial charge in [-0.25, -0.2) is 0 Å². The SMILES string of the molecule is CC(=O)Cc1noc(C2CCCSC2)n1. The lowest BCUT2D eigenvalue weighted by molar-refractivity contribution is -0.116. The number of aromatic nitrogens is 2. The third-order valence-electron chi connectivity index (χ3n) is 2.40. The molecule has 1 aromatic heterocycles.